The van der Waals surface area contributed by atoms with Gasteiger partial charge in [-0.25, -0.2) is 0 Å². The quantitative estimate of drug-likeness (QED) is 0.568. The van der Waals surface area contributed by atoms with Crippen LogP contribution in [0.1, 0.15) is 21.7 Å². The fourth-order valence-corrected chi connectivity index (χ4v) is 9.90. The van der Waals surface area contributed by atoms with Gasteiger partial charge in [0.2, 0.25) is 0 Å². The fraction of sp³-hybridized carbons (Fsp3) is 0.222. The Hall–Kier alpha value is -0.950. The fourth-order valence-electron chi connectivity index (χ4n) is 3.19. The van der Waals surface area contributed by atoms with Crippen LogP contribution in [0.3, 0.4) is 0 Å². The van der Waals surface area contributed by atoms with Crippen molar-refractivity contribution in [3.05, 3.63) is 65.2 Å². The van der Waals surface area contributed by atoms with Crippen molar-refractivity contribution in [3.8, 4) is 11.1 Å². The van der Waals surface area contributed by atoms with Crippen LogP contribution in [0.15, 0.2) is 54.1 Å². The Morgan fingerprint density at radius 3 is 2.32 bits per heavy atom. The second-order valence-corrected chi connectivity index (χ2v) is 15.4. The van der Waals surface area contributed by atoms with Gasteiger partial charge in [-0.05, 0) is 0 Å². The Kier molecular flexibility index (Phi) is 3.58. The summed E-state index contributed by atoms with van der Waals surface area (Å²) < 4.78 is 5.84. The summed E-state index contributed by atoms with van der Waals surface area (Å²) in [5.41, 5.74) is 7.38. The summed E-state index contributed by atoms with van der Waals surface area (Å²) in [6.45, 7) is 2.32. The first-order chi connectivity index (χ1) is 9.18. The first-order valence-electron chi connectivity index (χ1n) is 6.85. The molecule has 0 saturated carbocycles. The van der Waals surface area contributed by atoms with E-state index in [0.717, 1.165) is 3.67 Å². The normalized spacial score (nSPS) is 17.0. The van der Waals surface area contributed by atoms with Crippen LogP contribution in [-0.4, -0.2) is 0 Å². The van der Waals surface area contributed by atoms with Gasteiger partial charge in [0.05, 0.1) is 0 Å². The van der Waals surface area contributed by atoms with Crippen molar-refractivity contribution in [1.82, 2.24) is 0 Å². The Bertz CT molecular complexity index is 623. The molecule has 0 fully saturated rings. The van der Waals surface area contributed by atoms with Crippen molar-refractivity contribution in [3.63, 3.8) is 0 Å². The monoisotopic (exact) mass is 415 g/mol. The third-order valence-electron chi connectivity index (χ3n) is 3.94. The molecule has 0 nitrogen and oxygen atoms in total. The van der Waals surface area contributed by atoms with E-state index < -0.39 is 21.4 Å². The molecule has 0 N–H and O–H groups in total. The van der Waals surface area contributed by atoms with Gasteiger partial charge in [-0.2, -0.15) is 0 Å². The van der Waals surface area contributed by atoms with Crippen molar-refractivity contribution in [2.45, 2.75) is 20.0 Å². The van der Waals surface area contributed by atoms with Crippen molar-refractivity contribution < 1.29 is 21.4 Å². The third kappa shape index (κ3) is 2.29. The maximum absolute atomic E-state index is 2.52. The summed E-state index contributed by atoms with van der Waals surface area (Å²) >= 11 is -1.42. The Morgan fingerprint density at radius 1 is 0.895 bits per heavy atom. The van der Waals surface area contributed by atoms with E-state index in [9.17, 15) is 0 Å². The summed E-state index contributed by atoms with van der Waals surface area (Å²) in [6, 6.07) is 17.6. The zero-order chi connectivity index (χ0) is 13.4. The van der Waals surface area contributed by atoms with Gasteiger partial charge in [0.25, 0.3) is 0 Å². The van der Waals surface area contributed by atoms with E-state index in [1.165, 1.54) is 16.7 Å². The van der Waals surface area contributed by atoms with Gasteiger partial charge < -0.3 is 0 Å². The predicted molar refractivity (Wildman–Crippen MR) is 80.0 cm³/mol. The van der Waals surface area contributed by atoms with Crippen molar-refractivity contribution in [1.29, 1.82) is 0 Å². The van der Waals surface area contributed by atoms with Gasteiger partial charge in [-0.3, -0.25) is 0 Å². The average molecular weight is 414 g/mol. The molecule has 0 amide bonds. The number of hydrogen-bond donors (Lipinski definition) is 0. The Morgan fingerprint density at radius 2 is 1.63 bits per heavy atom. The molecule has 2 aromatic carbocycles. The molecule has 19 heavy (non-hydrogen) atoms. The predicted octanol–water partition coefficient (Wildman–Crippen LogP) is 5.53. The number of benzene rings is 2. The van der Waals surface area contributed by atoms with Gasteiger partial charge >= 0.3 is 124 Å². The van der Waals surface area contributed by atoms with E-state index >= 15 is 0 Å². The molecule has 0 heterocycles. The molecule has 1 unspecified atom stereocenters. The van der Waals surface area contributed by atoms with Gasteiger partial charge in [-0.1, -0.05) is 0 Å². The van der Waals surface area contributed by atoms with Crippen molar-refractivity contribution in [2.24, 2.45) is 0 Å². The second-order valence-electron chi connectivity index (χ2n) is 5.57. The summed E-state index contributed by atoms with van der Waals surface area (Å²) in [4.78, 5) is 0. The second kappa shape index (κ2) is 5.20. The Balaban J connectivity index is 2.17. The molecule has 0 radical (unpaired) electrons. The minimum atomic E-state index is -1.42. The molecule has 0 spiro atoms. The molecule has 1 aliphatic carbocycles. The molecular weight excluding hydrogens is 395 g/mol. The topological polar surface area (TPSA) is 0 Å². The summed E-state index contributed by atoms with van der Waals surface area (Å²) in [6.07, 6.45) is 2.43. The molecule has 0 aliphatic heterocycles. The van der Waals surface area contributed by atoms with E-state index in [0.29, 0.717) is 0 Å². The van der Waals surface area contributed by atoms with E-state index in [2.05, 4.69) is 70.9 Å². The van der Waals surface area contributed by atoms with Crippen LogP contribution < -0.4 is 0 Å². The first-order valence-corrected chi connectivity index (χ1v) is 16.1. The molecule has 2 aromatic rings. The standard InChI is InChI=1S/C16H13.2CH3.Hf/c1-12-10-14-8-5-9-15(16(14)11-12)13-6-3-2-4-7-13;;;/h2-11H,1H3;2*1H3;. The minimum absolute atomic E-state index is 0.795. The van der Waals surface area contributed by atoms with Crippen molar-refractivity contribution in [2.75, 3.05) is 0 Å². The van der Waals surface area contributed by atoms with E-state index in [-0.39, 0.29) is 0 Å². The van der Waals surface area contributed by atoms with Crippen molar-refractivity contribution >= 4 is 6.08 Å². The SMILES string of the molecule is CC1=Cc2c(-c3ccccc3)cccc2[CH]1[Hf]([CH3])[CH3]. The van der Waals surface area contributed by atoms with E-state index in [1.807, 2.05) is 0 Å². The van der Waals surface area contributed by atoms with Crippen LogP contribution in [-0.2, 0) is 21.4 Å². The molecule has 1 atom stereocenters. The Labute approximate surface area is 123 Å². The molecule has 1 aliphatic rings. The molecule has 0 aromatic heterocycles. The summed E-state index contributed by atoms with van der Waals surface area (Å²) in [5, 5.41) is 0. The first kappa shape index (κ1) is 13.1. The van der Waals surface area contributed by atoms with Crippen LogP contribution in [0, 0.1) is 0 Å². The molecule has 0 bridgehead atoms. The van der Waals surface area contributed by atoms with E-state index in [1.54, 1.807) is 11.1 Å². The zero-order valence-electron chi connectivity index (χ0n) is 11.8. The number of rotatable bonds is 2. The molecule has 95 valence electrons. The van der Waals surface area contributed by atoms with E-state index in [4.69, 9.17) is 0 Å². The summed E-state index contributed by atoms with van der Waals surface area (Å²) in [7, 11) is 0. The molecule has 3 rings (SSSR count). The molecule has 1 heteroatoms. The van der Waals surface area contributed by atoms with Gasteiger partial charge in [0.15, 0.2) is 0 Å². The molecular formula is C18H19Hf. The van der Waals surface area contributed by atoms with Gasteiger partial charge in [0.1, 0.15) is 0 Å². The molecule has 0 saturated heterocycles. The van der Waals surface area contributed by atoms with Crippen LogP contribution in [0.5, 0.6) is 0 Å². The maximum atomic E-state index is 2.52. The van der Waals surface area contributed by atoms with Gasteiger partial charge in [-0.15, -0.1) is 0 Å². The zero-order valence-corrected chi connectivity index (χ0v) is 15.4. The third-order valence-corrected chi connectivity index (χ3v) is 10.8. The van der Waals surface area contributed by atoms with Crippen LogP contribution >= 0.6 is 0 Å². The number of hydrogen-bond acceptors (Lipinski definition) is 0. The number of allylic oxidation sites excluding steroid dienone is 1. The van der Waals surface area contributed by atoms with Gasteiger partial charge in [0, 0.05) is 0 Å². The van der Waals surface area contributed by atoms with Crippen LogP contribution in [0.4, 0.5) is 0 Å². The number of fused-ring (bicyclic) bond motifs is 1. The summed E-state index contributed by atoms with van der Waals surface area (Å²) in [5.74, 6) is 0. The average Bonchev–Trinajstić information content (AvgIpc) is 2.75. The van der Waals surface area contributed by atoms with Crippen LogP contribution in [0.2, 0.25) is 9.36 Å². The van der Waals surface area contributed by atoms with Crippen LogP contribution in [0.25, 0.3) is 17.2 Å².